The molecule has 0 aromatic heterocycles. The summed E-state index contributed by atoms with van der Waals surface area (Å²) in [6.45, 7) is 0. The van der Waals surface area contributed by atoms with Crippen LogP contribution in [0.4, 0.5) is 0 Å². The summed E-state index contributed by atoms with van der Waals surface area (Å²) in [4.78, 5) is 0. The molecule has 4 heteroatoms. The molecule has 0 amide bonds. The van der Waals surface area contributed by atoms with Gasteiger partial charge in [-0.25, -0.2) is 0 Å². The van der Waals surface area contributed by atoms with E-state index in [0.717, 1.165) is 0 Å². The van der Waals surface area contributed by atoms with Crippen LogP contribution in [-0.4, -0.2) is 86.1 Å². The molecule has 0 aliphatic rings. The molecule has 0 saturated carbocycles. The van der Waals surface area contributed by atoms with E-state index in [1.54, 1.807) is 0 Å². The van der Waals surface area contributed by atoms with Gasteiger partial charge in [0, 0.05) is 0 Å². The number of hydrogen-bond donors (Lipinski definition) is 0. The summed E-state index contributed by atoms with van der Waals surface area (Å²) in [6, 6.07) is 0. The van der Waals surface area contributed by atoms with E-state index in [0.29, 0.717) is 0 Å². The molecular formula is H4Li3Na. The first-order valence-electron chi connectivity index (χ1n) is 0. The first-order chi connectivity index (χ1) is 0. The third-order valence-electron chi connectivity index (χ3n) is 0. The van der Waals surface area contributed by atoms with Crippen LogP contribution in [0.15, 0.2) is 0 Å². The van der Waals surface area contributed by atoms with Crippen molar-refractivity contribution in [3.8, 4) is 0 Å². The minimum absolute atomic E-state index is 0. The fourth-order valence-electron chi connectivity index (χ4n) is 0. The first kappa shape index (κ1) is 29.2. The van der Waals surface area contributed by atoms with Crippen molar-refractivity contribution in [1.82, 2.24) is 0 Å². The van der Waals surface area contributed by atoms with Gasteiger partial charge in [-0.3, -0.25) is 0 Å². The second-order valence-corrected chi connectivity index (χ2v) is 0. The van der Waals surface area contributed by atoms with Crippen LogP contribution in [0.3, 0.4) is 0 Å². The van der Waals surface area contributed by atoms with Gasteiger partial charge < -0.3 is 0 Å². The first-order valence-corrected chi connectivity index (χ1v) is 0. The molecule has 0 rings (SSSR count). The Morgan fingerprint density at radius 2 is 0.500 bits per heavy atom. The van der Waals surface area contributed by atoms with Crippen LogP contribution in [0.5, 0.6) is 0 Å². The Hall–Kier alpha value is 2.79. The van der Waals surface area contributed by atoms with Gasteiger partial charge in [0.15, 0.2) is 0 Å². The molecule has 0 N–H and O–H groups in total. The Morgan fingerprint density at radius 3 is 0.500 bits per heavy atom. The molecule has 0 heterocycles. The predicted octanol–water partition coefficient (Wildman–Crippen LogP) is -2.59. The third kappa shape index (κ3) is 8.84. The standard InChI is InChI=1S/3Li.Na.4H. The number of rotatable bonds is 0. The summed E-state index contributed by atoms with van der Waals surface area (Å²) in [7, 11) is 0. The van der Waals surface area contributed by atoms with Crippen molar-refractivity contribution in [2.45, 2.75) is 0 Å². The second-order valence-electron chi connectivity index (χ2n) is 0. The topological polar surface area (TPSA) is 0 Å². The van der Waals surface area contributed by atoms with E-state index >= 15 is 0 Å². The molecule has 4 heavy (non-hydrogen) atoms. The van der Waals surface area contributed by atoms with Crippen LogP contribution in [-0.2, 0) is 0 Å². The van der Waals surface area contributed by atoms with E-state index in [-0.39, 0.29) is 86.1 Å². The van der Waals surface area contributed by atoms with Crippen LogP contribution in [0.1, 0.15) is 0 Å². The molecule has 0 unspecified atom stereocenters. The summed E-state index contributed by atoms with van der Waals surface area (Å²) < 4.78 is 0. The fourth-order valence-corrected chi connectivity index (χ4v) is 0. The molecule has 0 radical (unpaired) electrons. The zero-order chi connectivity index (χ0) is 0. The van der Waals surface area contributed by atoms with E-state index in [9.17, 15) is 0 Å². The van der Waals surface area contributed by atoms with E-state index in [2.05, 4.69) is 0 Å². The van der Waals surface area contributed by atoms with E-state index in [1.165, 1.54) is 0 Å². The summed E-state index contributed by atoms with van der Waals surface area (Å²) in [5.74, 6) is 0. The molecule has 0 bridgehead atoms. The molecule has 0 aromatic carbocycles. The zero-order valence-corrected chi connectivity index (χ0v) is 0. The van der Waals surface area contributed by atoms with Gasteiger partial charge in [-0.05, 0) is 0 Å². The van der Waals surface area contributed by atoms with Gasteiger partial charge in [-0.1, -0.05) is 0 Å². The molecule has 0 aliphatic heterocycles. The van der Waals surface area contributed by atoms with Gasteiger partial charge in [-0.15, -0.1) is 0 Å². The normalized spacial score (nSPS) is 0. The summed E-state index contributed by atoms with van der Waals surface area (Å²) in [5.41, 5.74) is 0. The van der Waals surface area contributed by atoms with Gasteiger partial charge >= 0.3 is 86.1 Å². The van der Waals surface area contributed by atoms with Gasteiger partial charge in [0.1, 0.15) is 0 Å². The maximum atomic E-state index is 0. The van der Waals surface area contributed by atoms with Crippen molar-refractivity contribution >= 4 is 86.1 Å². The molecule has 8 valence electrons. The Bertz CT molecular complexity index is 3.25. The third-order valence-corrected chi connectivity index (χ3v) is 0. The van der Waals surface area contributed by atoms with Crippen molar-refractivity contribution in [3.05, 3.63) is 0 Å². The minimum atomic E-state index is 0. The second kappa shape index (κ2) is 17.1. The maximum absolute atomic E-state index is 0. The molecule has 0 spiro atoms. The SMILES string of the molecule is [LiH].[LiH].[LiH].[NaH]. The van der Waals surface area contributed by atoms with Gasteiger partial charge in [0.25, 0.3) is 0 Å². The number of hydrogen-bond acceptors (Lipinski definition) is 0. The van der Waals surface area contributed by atoms with Crippen LogP contribution in [0, 0.1) is 0 Å². The van der Waals surface area contributed by atoms with Crippen molar-refractivity contribution < 1.29 is 0 Å². The van der Waals surface area contributed by atoms with Crippen LogP contribution in [0.25, 0.3) is 0 Å². The summed E-state index contributed by atoms with van der Waals surface area (Å²) in [6.07, 6.45) is 0. The Labute approximate surface area is 84.7 Å². The monoisotopic (exact) mass is 48.1 g/mol. The van der Waals surface area contributed by atoms with Crippen LogP contribution < -0.4 is 0 Å². The molecule has 0 aromatic rings. The van der Waals surface area contributed by atoms with Crippen LogP contribution in [0.2, 0.25) is 0 Å². The quantitative estimate of drug-likeness (QED) is 0.263. The van der Waals surface area contributed by atoms with Crippen molar-refractivity contribution in [2.24, 2.45) is 0 Å². The zero-order valence-electron chi connectivity index (χ0n) is 0. The van der Waals surface area contributed by atoms with E-state index in [4.69, 9.17) is 0 Å². The van der Waals surface area contributed by atoms with Crippen molar-refractivity contribution in [3.63, 3.8) is 0 Å². The Morgan fingerprint density at radius 1 is 0.500 bits per heavy atom. The molecule has 0 fully saturated rings. The van der Waals surface area contributed by atoms with Crippen molar-refractivity contribution in [1.29, 1.82) is 0 Å². The Balaban J connectivity index is 0. The average Bonchev–Trinajstić information content (AvgIpc) is 0. The molecular weight excluding hydrogens is 43.8 g/mol. The van der Waals surface area contributed by atoms with Gasteiger partial charge in [0.05, 0.1) is 0 Å². The summed E-state index contributed by atoms with van der Waals surface area (Å²) in [5, 5.41) is 0. The summed E-state index contributed by atoms with van der Waals surface area (Å²) >= 11 is 0. The average molecular weight is 47.8 g/mol. The predicted molar refractivity (Wildman–Crippen MR) is 28.6 cm³/mol. The molecule has 0 atom stereocenters. The van der Waals surface area contributed by atoms with Gasteiger partial charge in [-0.2, -0.15) is 0 Å². The molecule has 0 saturated heterocycles. The van der Waals surface area contributed by atoms with Crippen molar-refractivity contribution in [2.75, 3.05) is 0 Å². The molecule has 0 aliphatic carbocycles. The Kier molecular flexibility index (Phi) is 125. The molecule has 0 nitrogen and oxygen atoms in total. The van der Waals surface area contributed by atoms with E-state index < -0.39 is 0 Å². The van der Waals surface area contributed by atoms with E-state index in [1.807, 2.05) is 0 Å². The van der Waals surface area contributed by atoms with Gasteiger partial charge in [0.2, 0.25) is 0 Å². The fraction of sp³-hybridized carbons (Fsp3) is 0. The van der Waals surface area contributed by atoms with Crippen LogP contribution >= 0.6 is 0 Å².